The van der Waals surface area contributed by atoms with E-state index in [0.717, 1.165) is 12.8 Å². The van der Waals surface area contributed by atoms with Crippen LogP contribution in [0.25, 0.3) is 0 Å². The van der Waals surface area contributed by atoms with Gasteiger partial charge in [0.15, 0.2) is 0 Å². The van der Waals surface area contributed by atoms with Crippen LogP contribution in [-0.2, 0) is 0 Å². The topological polar surface area (TPSA) is 26.0 Å². The first-order valence-corrected chi connectivity index (χ1v) is 6.72. The number of halogens is 1. The summed E-state index contributed by atoms with van der Waals surface area (Å²) >= 11 is 1.57. The molecule has 0 aliphatic carbocycles. The van der Waals surface area contributed by atoms with Crippen LogP contribution < -0.4 is 5.73 Å². The summed E-state index contributed by atoms with van der Waals surface area (Å²) in [4.78, 5) is 0.713. The molecule has 1 rings (SSSR count). The molecular formula is C13H20FNS. The Kier molecular flexibility index (Phi) is 5.85. The summed E-state index contributed by atoms with van der Waals surface area (Å²) in [6, 6.07) is 6.91. The molecule has 0 saturated heterocycles. The highest BCUT2D eigenvalue weighted by molar-refractivity contribution is 8.00. The third-order valence-corrected chi connectivity index (χ3v) is 4.39. The summed E-state index contributed by atoms with van der Waals surface area (Å²) in [5.74, 6) is 0.423. The van der Waals surface area contributed by atoms with Gasteiger partial charge in [-0.05, 0) is 18.1 Å². The Morgan fingerprint density at radius 3 is 2.38 bits per heavy atom. The zero-order chi connectivity index (χ0) is 12.0. The third kappa shape index (κ3) is 3.49. The van der Waals surface area contributed by atoms with Crippen LogP contribution in [-0.4, -0.2) is 11.8 Å². The van der Waals surface area contributed by atoms with Gasteiger partial charge in [-0.3, -0.25) is 0 Å². The van der Waals surface area contributed by atoms with E-state index in [1.54, 1.807) is 17.8 Å². The lowest BCUT2D eigenvalue weighted by molar-refractivity contribution is 0.474. The monoisotopic (exact) mass is 241 g/mol. The molecule has 0 aliphatic heterocycles. The highest BCUT2D eigenvalue weighted by Crippen LogP contribution is 2.32. The van der Waals surface area contributed by atoms with E-state index >= 15 is 0 Å². The van der Waals surface area contributed by atoms with E-state index in [1.165, 1.54) is 6.07 Å². The number of nitrogens with two attached hydrogens (primary N) is 1. The van der Waals surface area contributed by atoms with Crippen molar-refractivity contribution in [1.29, 1.82) is 0 Å². The van der Waals surface area contributed by atoms with Gasteiger partial charge in [0.2, 0.25) is 0 Å². The molecule has 0 fully saturated rings. The van der Waals surface area contributed by atoms with Crippen molar-refractivity contribution >= 4 is 11.8 Å². The van der Waals surface area contributed by atoms with E-state index in [-0.39, 0.29) is 5.82 Å². The molecule has 90 valence electrons. The molecule has 1 aromatic rings. The molecule has 2 N–H and O–H groups in total. The molecule has 0 bridgehead atoms. The fourth-order valence-corrected chi connectivity index (χ4v) is 3.19. The van der Waals surface area contributed by atoms with Crippen molar-refractivity contribution in [2.75, 3.05) is 6.54 Å². The van der Waals surface area contributed by atoms with Gasteiger partial charge >= 0.3 is 0 Å². The Morgan fingerprint density at radius 2 is 1.88 bits per heavy atom. The maximum absolute atomic E-state index is 13.5. The fourth-order valence-electron chi connectivity index (χ4n) is 1.85. The zero-order valence-electron chi connectivity index (χ0n) is 9.95. The standard InChI is InChI=1S/C13H20FNS/c1-3-10(4-2)13(9-15)16-12-8-6-5-7-11(12)14/h5-8,10,13H,3-4,9,15H2,1-2H3. The van der Waals surface area contributed by atoms with Crippen LogP contribution in [0.15, 0.2) is 29.2 Å². The maximum atomic E-state index is 13.5. The van der Waals surface area contributed by atoms with Gasteiger partial charge in [0.25, 0.3) is 0 Å². The van der Waals surface area contributed by atoms with E-state index in [1.807, 2.05) is 12.1 Å². The molecule has 1 aromatic carbocycles. The second-order valence-electron chi connectivity index (χ2n) is 3.90. The minimum atomic E-state index is -0.142. The first kappa shape index (κ1) is 13.5. The van der Waals surface area contributed by atoms with Gasteiger partial charge in [0, 0.05) is 16.7 Å². The highest BCUT2D eigenvalue weighted by atomic mass is 32.2. The van der Waals surface area contributed by atoms with E-state index in [9.17, 15) is 4.39 Å². The van der Waals surface area contributed by atoms with Crippen molar-refractivity contribution in [1.82, 2.24) is 0 Å². The number of benzene rings is 1. The summed E-state index contributed by atoms with van der Waals surface area (Å²) in [6.07, 6.45) is 2.19. The second-order valence-corrected chi connectivity index (χ2v) is 5.18. The first-order chi connectivity index (χ1) is 7.72. The quantitative estimate of drug-likeness (QED) is 0.769. The Morgan fingerprint density at radius 1 is 1.25 bits per heavy atom. The molecule has 1 nitrogen and oxygen atoms in total. The number of thioether (sulfide) groups is 1. The number of rotatable bonds is 6. The van der Waals surface area contributed by atoms with Gasteiger partial charge in [-0.15, -0.1) is 11.8 Å². The molecule has 0 spiro atoms. The van der Waals surface area contributed by atoms with Gasteiger partial charge < -0.3 is 5.73 Å². The smallest absolute Gasteiger partial charge is 0.136 e. The lowest BCUT2D eigenvalue weighted by atomic mass is 9.99. The molecular weight excluding hydrogens is 221 g/mol. The van der Waals surface area contributed by atoms with Crippen molar-refractivity contribution in [2.45, 2.75) is 36.8 Å². The van der Waals surface area contributed by atoms with Crippen LogP contribution in [0, 0.1) is 11.7 Å². The van der Waals surface area contributed by atoms with Crippen LogP contribution >= 0.6 is 11.8 Å². The molecule has 0 aliphatic rings. The molecule has 3 heteroatoms. The van der Waals surface area contributed by atoms with Gasteiger partial charge in [0.05, 0.1) is 0 Å². The first-order valence-electron chi connectivity index (χ1n) is 5.84. The second kappa shape index (κ2) is 6.92. The lowest BCUT2D eigenvalue weighted by Crippen LogP contribution is -2.25. The largest absolute Gasteiger partial charge is 0.329 e. The normalized spacial score (nSPS) is 13.1. The Labute approximate surface area is 102 Å². The van der Waals surface area contributed by atoms with Crippen molar-refractivity contribution in [2.24, 2.45) is 11.7 Å². The van der Waals surface area contributed by atoms with Crippen LogP contribution in [0.4, 0.5) is 4.39 Å². The average molecular weight is 241 g/mol. The molecule has 1 unspecified atom stereocenters. The zero-order valence-corrected chi connectivity index (χ0v) is 10.8. The van der Waals surface area contributed by atoms with Crippen LogP contribution in [0.2, 0.25) is 0 Å². The summed E-state index contributed by atoms with van der Waals surface area (Å²) in [7, 11) is 0. The van der Waals surface area contributed by atoms with Gasteiger partial charge in [-0.2, -0.15) is 0 Å². The lowest BCUT2D eigenvalue weighted by Gasteiger charge is -2.23. The van der Waals surface area contributed by atoms with E-state index in [4.69, 9.17) is 5.73 Å². The maximum Gasteiger partial charge on any atom is 0.136 e. The average Bonchev–Trinajstić information content (AvgIpc) is 2.31. The summed E-state index contributed by atoms with van der Waals surface area (Å²) in [5.41, 5.74) is 5.78. The summed E-state index contributed by atoms with van der Waals surface area (Å²) in [5, 5.41) is 0.312. The number of hydrogen-bond acceptors (Lipinski definition) is 2. The van der Waals surface area contributed by atoms with Crippen molar-refractivity contribution in [3.05, 3.63) is 30.1 Å². The summed E-state index contributed by atoms with van der Waals surface area (Å²) in [6.45, 7) is 4.93. The summed E-state index contributed by atoms with van der Waals surface area (Å²) < 4.78 is 13.5. The molecule has 0 heterocycles. The third-order valence-electron chi connectivity index (χ3n) is 2.92. The van der Waals surface area contributed by atoms with Crippen molar-refractivity contribution in [3.63, 3.8) is 0 Å². The van der Waals surface area contributed by atoms with Crippen LogP contribution in [0.5, 0.6) is 0 Å². The molecule has 1 atom stereocenters. The predicted octanol–water partition coefficient (Wildman–Crippen LogP) is 3.68. The van der Waals surface area contributed by atoms with Crippen LogP contribution in [0.3, 0.4) is 0 Å². The van der Waals surface area contributed by atoms with Gasteiger partial charge in [0.1, 0.15) is 5.82 Å². The van der Waals surface area contributed by atoms with E-state index in [2.05, 4.69) is 13.8 Å². The van der Waals surface area contributed by atoms with E-state index in [0.29, 0.717) is 22.6 Å². The van der Waals surface area contributed by atoms with Gasteiger partial charge in [-0.25, -0.2) is 4.39 Å². The van der Waals surface area contributed by atoms with Crippen molar-refractivity contribution < 1.29 is 4.39 Å². The molecule has 0 saturated carbocycles. The molecule has 0 radical (unpaired) electrons. The Hall–Kier alpha value is -0.540. The highest BCUT2D eigenvalue weighted by Gasteiger charge is 2.19. The fraction of sp³-hybridized carbons (Fsp3) is 0.538. The SMILES string of the molecule is CCC(CC)C(CN)Sc1ccccc1F. The minimum absolute atomic E-state index is 0.142. The predicted molar refractivity (Wildman–Crippen MR) is 69.2 cm³/mol. The molecule has 0 amide bonds. The van der Waals surface area contributed by atoms with Crippen LogP contribution in [0.1, 0.15) is 26.7 Å². The molecule has 16 heavy (non-hydrogen) atoms. The van der Waals surface area contributed by atoms with E-state index < -0.39 is 0 Å². The molecule has 0 aromatic heterocycles. The van der Waals surface area contributed by atoms with Gasteiger partial charge in [-0.1, -0.05) is 38.8 Å². The minimum Gasteiger partial charge on any atom is -0.329 e. The van der Waals surface area contributed by atoms with Crippen molar-refractivity contribution in [3.8, 4) is 0 Å². The number of hydrogen-bond donors (Lipinski definition) is 1. The Balaban J connectivity index is 2.73. The Bertz CT molecular complexity index is 313.